The van der Waals surface area contributed by atoms with Crippen LogP contribution in [0.4, 0.5) is 5.69 Å². The van der Waals surface area contributed by atoms with Crippen molar-refractivity contribution >= 4 is 23.2 Å². The van der Waals surface area contributed by atoms with E-state index in [-0.39, 0.29) is 10.7 Å². The van der Waals surface area contributed by atoms with Crippen LogP contribution in [0.1, 0.15) is 30.6 Å². The van der Waals surface area contributed by atoms with Gasteiger partial charge in [-0.15, -0.1) is 0 Å². The first-order valence-electron chi connectivity index (χ1n) is 6.80. The zero-order valence-corrected chi connectivity index (χ0v) is 12.9. The smallest absolute Gasteiger partial charge is 0.319 e. The fourth-order valence-electron chi connectivity index (χ4n) is 1.92. The molecule has 1 rings (SSSR count). The molecule has 1 heterocycles. The average molecular weight is 315 g/mol. The second kappa shape index (κ2) is 8.53. The molecule has 1 amide bonds. The molecule has 0 bridgehead atoms. The minimum Gasteiger partial charge on any atom is -0.352 e. The van der Waals surface area contributed by atoms with E-state index in [0.29, 0.717) is 6.54 Å². The molecule has 8 heteroatoms. The highest BCUT2D eigenvalue weighted by Gasteiger charge is 2.24. The zero-order chi connectivity index (χ0) is 15.8. The molecule has 0 fully saturated rings. The number of nitrogens with one attached hydrogen (secondary N) is 1. The number of hydrogen-bond acceptors (Lipinski definition) is 5. The van der Waals surface area contributed by atoms with E-state index in [0.717, 1.165) is 26.1 Å². The Morgan fingerprint density at radius 3 is 2.71 bits per heavy atom. The molecule has 1 N–H and O–H groups in total. The van der Waals surface area contributed by atoms with Gasteiger partial charge in [0.2, 0.25) is 5.15 Å². The van der Waals surface area contributed by atoms with E-state index in [4.69, 9.17) is 11.6 Å². The highest BCUT2D eigenvalue weighted by molar-refractivity contribution is 6.32. The molecule has 0 aliphatic heterocycles. The van der Waals surface area contributed by atoms with Crippen molar-refractivity contribution in [3.63, 3.8) is 0 Å². The summed E-state index contributed by atoms with van der Waals surface area (Å²) in [5, 5.41) is 13.3. The fraction of sp³-hybridized carbons (Fsp3) is 0.538. The fourth-order valence-corrected chi connectivity index (χ4v) is 2.15. The first kappa shape index (κ1) is 17.3. The predicted molar refractivity (Wildman–Crippen MR) is 80.6 cm³/mol. The minimum atomic E-state index is -0.694. The summed E-state index contributed by atoms with van der Waals surface area (Å²) in [4.78, 5) is 28.1. The molecule has 116 valence electrons. The van der Waals surface area contributed by atoms with E-state index >= 15 is 0 Å². The number of amides is 1. The average Bonchev–Trinajstić information content (AvgIpc) is 2.46. The van der Waals surface area contributed by atoms with Crippen LogP contribution < -0.4 is 5.32 Å². The van der Waals surface area contributed by atoms with Crippen LogP contribution in [0.5, 0.6) is 0 Å². The topological polar surface area (TPSA) is 88.4 Å². The van der Waals surface area contributed by atoms with E-state index < -0.39 is 16.5 Å². The second-order valence-electron chi connectivity index (χ2n) is 4.39. The van der Waals surface area contributed by atoms with Gasteiger partial charge in [-0.05, 0) is 32.1 Å². The molecular formula is C13H19ClN4O3. The largest absolute Gasteiger partial charge is 0.352 e. The highest BCUT2D eigenvalue weighted by atomic mass is 35.5. The molecule has 0 aliphatic carbocycles. The third-order valence-electron chi connectivity index (χ3n) is 3.14. The number of hydrogen-bond donors (Lipinski definition) is 1. The number of carbonyl (C=O) groups is 1. The predicted octanol–water partition coefficient (Wildman–Crippen LogP) is 2.10. The maximum absolute atomic E-state index is 12.0. The van der Waals surface area contributed by atoms with Crippen molar-refractivity contribution in [1.82, 2.24) is 15.2 Å². The molecule has 0 atom stereocenters. The van der Waals surface area contributed by atoms with Gasteiger partial charge in [0.05, 0.1) is 4.92 Å². The van der Waals surface area contributed by atoms with Gasteiger partial charge in [0.25, 0.3) is 5.91 Å². The maximum atomic E-state index is 12.0. The molecule has 0 radical (unpaired) electrons. The van der Waals surface area contributed by atoms with Crippen molar-refractivity contribution in [2.75, 3.05) is 26.2 Å². The number of halogens is 1. The van der Waals surface area contributed by atoms with E-state index in [1.165, 1.54) is 12.3 Å². The van der Waals surface area contributed by atoms with Crippen LogP contribution in [-0.4, -0.2) is 46.9 Å². The van der Waals surface area contributed by atoms with Crippen LogP contribution >= 0.6 is 11.6 Å². The first-order valence-corrected chi connectivity index (χ1v) is 7.18. The third-order valence-corrected chi connectivity index (χ3v) is 3.41. The summed E-state index contributed by atoms with van der Waals surface area (Å²) in [6.07, 6.45) is 2.06. The lowest BCUT2D eigenvalue weighted by Gasteiger charge is -2.17. The quantitative estimate of drug-likeness (QED) is 0.343. The number of aromatic nitrogens is 1. The summed E-state index contributed by atoms with van der Waals surface area (Å²) in [6, 6.07) is 1.30. The normalized spacial score (nSPS) is 10.7. The number of rotatable bonds is 8. The number of pyridine rings is 1. The molecule has 1 aromatic rings. The summed E-state index contributed by atoms with van der Waals surface area (Å²) in [6.45, 7) is 7.37. The van der Waals surface area contributed by atoms with E-state index in [9.17, 15) is 14.9 Å². The molecule has 0 saturated carbocycles. The second-order valence-corrected chi connectivity index (χ2v) is 4.75. The van der Waals surface area contributed by atoms with Gasteiger partial charge in [0.1, 0.15) is 5.56 Å². The van der Waals surface area contributed by atoms with E-state index in [2.05, 4.69) is 29.0 Å². The first-order chi connectivity index (χ1) is 10.0. The Morgan fingerprint density at radius 1 is 1.48 bits per heavy atom. The van der Waals surface area contributed by atoms with Gasteiger partial charge in [0.15, 0.2) is 0 Å². The van der Waals surface area contributed by atoms with Crippen molar-refractivity contribution in [3.05, 3.63) is 33.1 Å². The number of carbonyl (C=O) groups excluding carboxylic acids is 1. The van der Waals surface area contributed by atoms with Gasteiger partial charge in [-0.25, -0.2) is 4.98 Å². The number of nitrogens with zero attached hydrogens (tertiary/aromatic N) is 3. The monoisotopic (exact) mass is 314 g/mol. The summed E-state index contributed by atoms with van der Waals surface area (Å²) < 4.78 is 0. The van der Waals surface area contributed by atoms with Crippen molar-refractivity contribution in [1.29, 1.82) is 0 Å². The molecule has 21 heavy (non-hydrogen) atoms. The lowest BCUT2D eigenvalue weighted by Crippen LogP contribution is -2.30. The van der Waals surface area contributed by atoms with Crippen LogP contribution in [0.25, 0.3) is 0 Å². The third kappa shape index (κ3) is 4.95. The summed E-state index contributed by atoms with van der Waals surface area (Å²) in [5.74, 6) is -0.509. The van der Waals surface area contributed by atoms with Gasteiger partial charge in [-0.2, -0.15) is 0 Å². The molecule has 0 aliphatic rings. The Balaban J connectivity index is 2.61. The Labute approximate surface area is 128 Å². The Morgan fingerprint density at radius 2 is 2.14 bits per heavy atom. The number of nitro groups is 1. The molecule has 7 nitrogen and oxygen atoms in total. The summed E-state index contributed by atoms with van der Waals surface area (Å²) >= 11 is 5.67. The molecule has 0 aromatic carbocycles. The van der Waals surface area contributed by atoms with Crippen LogP contribution in [0.2, 0.25) is 5.15 Å². The lowest BCUT2D eigenvalue weighted by atomic mass is 10.2. The highest BCUT2D eigenvalue weighted by Crippen LogP contribution is 2.25. The zero-order valence-electron chi connectivity index (χ0n) is 12.1. The van der Waals surface area contributed by atoms with Crippen LogP contribution in [0.15, 0.2) is 12.3 Å². The Bertz CT molecular complexity index is 506. The van der Waals surface area contributed by atoms with Gasteiger partial charge in [-0.3, -0.25) is 14.9 Å². The van der Waals surface area contributed by atoms with E-state index in [1.807, 2.05) is 0 Å². The van der Waals surface area contributed by atoms with Crippen molar-refractivity contribution < 1.29 is 9.72 Å². The molecule has 1 aromatic heterocycles. The molecular weight excluding hydrogens is 296 g/mol. The summed E-state index contributed by atoms with van der Waals surface area (Å²) in [5.41, 5.74) is -0.525. The van der Waals surface area contributed by atoms with Gasteiger partial charge >= 0.3 is 5.69 Å². The standard InChI is InChI=1S/C13H19ClN4O3/c1-3-17(4-2)9-5-7-16-13(19)10-6-8-15-12(14)11(10)18(20)21/h6,8H,3-5,7,9H2,1-2H3,(H,16,19). The minimum absolute atomic E-state index is 0.0668. The van der Waals surface area contributed by atoms with Gasteiger partial charge in [-0.1, -0.05) is 25.4 Å². The van der Waals surface area contributed by atoms with Crippen molar-refractivity contribution in [2.45, 2.75) is 20.3 Å². The Hall–Kier alpha value is -1.73. The van der Waals surface area contributed by atoms with E-state index in [1.54, 1.807) is 0 Å². The molecule has 0 saturated heterocycles. The molecule has 0 spiro atoms. The SMILES string of the molecule is CCN(CC)CCCNC(=O)c1ccnc(Cl)c1[N+](=O)[O-]. The Kier molecular flexibility index (Phi) is 7.04. The lowest BCUT2D eigenvalue weighted by molar-refractivity contribution is -0.385. The van der Waals surface area contributed by atoms with Gasteiger partial charge < -0.3 is 10.2 Å². The van der Waals surface area contributed by atoms with Crippen LogP contribution in [0.3, 0.4) is 0 Å². The molecule has 0 unspecified atom stereocenters. The van der Waals surface area contributed by atoms with Crippen LogP contribution in [0, 0.1) is 10.1 Å². The maximum Gasteiger partial charge on any atom is 0.319 e. The van der Waals surface area contributed by atoms with Gasteiger partial charge in [0, 0.05) is 12.7 Å². The van der Waals surface area contributed by atoms with Crippen molar-refractivity contribution in [2.24, 2.45) is 0 Å². The van der Waals surface area contributed by atoms with Crippen molar-refractivity contribution in [3.8, 4) is 0 Å². The summed E-state index contributed by atoms with van der Waals surface area (Å²) in [7, 11) is 0. The van der Waals surface area contributed by atoms with Crippen LogP contribution in [-0.2, 0) is 0 Å².